The summed E-state index contributed by atoms with van der Waals surface area (Å²) in [7, 11) is 0. The summed E-state index contributed by atoms with van der Waals surface area (Å²) in [4.78, 5) is 11.0. The van der Waals surface area contributed by atoms with Crippen molar-refractivity contribution in [3.63, 3.8) is 0 Å². The lowest BCUT2D eigenvalue weighted by Gasteiger charge is -2.26. The molecular weight excluding hydrogens is 382 g/mol. The average Bonchev–Trinajstić information content (AvgIpc) is 3.41. The highest BCUT2D eigenvalue weighted by Gasteiger charge is 2.22. The molecule has 0 bridgehead atoms. The van der Waals surface area contributed by atoms with Gasteiger partial charge in [-0.2, -0.15) is 0 Å². The van der Waals surface area contributed by atoms with E-state index in [9.17, 15) is 0 Å². The topological polar surface area (TPSA) is 49.9 Å². The molecule has 1 aromatic heterocycles. The molecule has 1 fully saturated rings. The molecule has 5 nitrogen and oxygen atoms in total. The second-order valence-electron chi connectivity index (χ2n) is 7.46. The van der Waals surface area contributed by atoms with E-state index in [0.717, 1.165) is 78.2 Å². The molecule has 150 valence electrons. The van der Waals surface area contributed by atoms with E-state index in [-0.39, 0.29) is 0 Å². The Balaban J connectivity index is 1.30. The number of aromatic amines is 1. The predicted molar refractivity (Wildman–Crippen MR) is 119 cm³/mol. The van der Waals surface area contributed by atoms with E-state index in [1.54, 1.807) is 0 Å². The van der Waals surface area contributed by atoms with Crippen LogP contribution in [-0.2, 0) is 4.74 Å². The first kappa shape index (κ1) is 18.7. The van der Waals surface area contributed by atoms with Crippen molar-refractivity contribution in [2.75, 3.05) is 38.6 Å². The number of hydrogen-bond acceptors (Lipinski definition) is 5. The lowest BCUT2D eigenvalue weighted by atomic mass is 10.2. The van der Waals surface area contributed by atoms with Crippen molar-refractivity contribution in [1.29, 1.82) is 0 Å². The molecule has 6 heteroatoms. The van der Waals surface area contributed by atoms with Crippen molar-refractivity contribution in [2.24, 2.45) is 4.99 Å². The molecule has 1 saturated heterocycles. The van der Waals surface area contributed by atoms with Crippen LogP contribution in [0.2, 0.25) is 0 Å². The first-order chi connectivity index (χ1) is 14.3. The van der Waals surface area contributed by atoms with Crippen LogP contribution in [-0.4, -0.2) is 59.6 Å². The zero-order chi connectivity index (χ0) is 19.5. The SMILES string of the molecule is c1ccc(Oc2cccc3cc(C4=N[C@H](CCN5CCOCC5)CS4)[nH]c23)cc1. The van der Waals surface area contributed by atoms with Gasteiger partial charge in [0.05, 0.1) is 30.5 Å². The molecule has 0 spiro atoms. The lowest BCUT2D eigenvalue weighted by Crippen LogP contribution is -2.37. The number of hydrogen-bond donors (Lipinski definition) is 1. The van der Waals surface area contributed by atoms with Gasteiger partial charge >= 0.3 is 0 Å². The van der Waals surface area contributed by atoms with Crippen LogP contribution in [0.1, 0.15) is 12.1 Å². The molecule has 0 amide bonds. The van der Waals surface area contributed by atoms with Gasteiger partial charge in [-0.05, 0) is 30.7 Å². The number of benzene rings is 2. The van der Waals surface area contributed by atoms with E-state index in [4.69, 9.17) is 14.5 Å². The summed E-state index contributed by atoms with van der Waals surface area (Å²) in [5.41, 5.74) is 2.11. The van der Waals surface area contributed by atoms with Gasteiger partial charge in [0.2, 0.25) is 0 Å². The fraction of sp³-hybridized carbons (Fsp3) is 0.348. The highest BCUT2D eigenvalue weighted by molar-refractivity contribution is 8.14. The summed E-state index contributed by atoms with van der Waals surface area (Å²) in [6, 6.07) is 18.6. The van der Waals surface area contributed by atoms with E-state index < -0.39 is 0 Å². The third-order valence-corrected chi connectivity index (χ3v) is 6.56. The third-order valence-electron chi connectivity index (χ3n) is 5.41. The number of ether oxygens (including phenoxy) is 2. The van der Waals surface area contributed by atoms with Crippen molar-refractivity contribution in [3.8, 4) is 11.5 Å². The molecule has 3 heterocycles. The van der Waals surface area contributed by atoms with E-state index >= 15 is 0 Å². The fourth-order valence-electron chi connectivity index (χ4n) is 3.81. The molecule has 0 saturated carbocycles. The second-order valence-corrected chi connectivity index (χ2v) is 8.47. The highest BCUT2D eigenvalue weighted by Crippen LogP contribution is 2.32. The van der Waals surface area contributed by atoms with E-state index in [0.29, 0.717) is 6.04 Å². The molecule has 0 unspecified atom stereocenters. The summed E-state index contributed by atoms with van der Waals surface area (Å²) >= 11 is 1.85. The number of para-hydroxylation sites is 2. The number of morpholine rings is 1. The van der Waals surface area contributed by atoms with Crippen molar-refractivity contribution in [2.45, 2.75) is 12.5 Å². The van der Waals surface area contributed by atoms with Crippen LogP contribution in [0.5, 0.6) is 11.5 Å². The Morgan fingerprint density at radius 3 is 2.83 bits per heavy atom. The molecule has 2 aliphatic heterocycles. The maximum Gasteiger partial charge on any atom is 0.151 e. The normalized spacial score (nSPS) is 20.1. The zero-order valence-electron chi connectivity index (χ0n) is 16.3. The Bertz CT molecular complexity index is 996. The van der Waals surface area contributed by atoms with Crippen LogP contribution in [0.25, 0.3) is 10.9 Å². The highest BCUT2D eigenvalue weighted by atomic mass is 32.2. The van der Waals surface area contributed by atoms with Crippen molar-refractivity contribution in [1.82, 2.24) is 9.88 Å². The van der Waals surface area contributed by atoms with Gasteiger partial charge in [-0.15, -0.1) is 11.8 Å². The maximum atomic E-state index is 6.10. The summed E-state index contributed by atoms with van der Waals surface area (Å²) in [5, 5.41) is 2.26. The van der Waals surface area contributed by atoms with Crippen LogP contribution in [0.15, 0.2) is 59.6 Å². The number of nitrogens with zero attached hydrogens (tertiary/aromatic N) is 2. The van der Waals surface area contributed by atoms with E-state index in [1.807, 2.05) is 54.2 Å². The molecule has 5 rings (SSSR count). The summed E-state index contributed by atoms with van der Waals surface area (Å²) in [6.07, 6.45) is 1.11. The van der Waals surface area contributed by atoms with Crippen LogP contribution >= 0.6 is 11.8 Å². The molecule has 1 N–H and O–H groups in total. The van der Waals surface area contributed by atoms with Crippen LogP contribution in [0.4, 0.5) is 0 Å². The van der Waals surface area contributed by atoms with Crippen LogP contribution in [0, 0.1) is 0 Å². The fourth-order valence-corrected chi connectivity index (χ4v) is 4.89. The van der Waals surface area contributed by atoms with Gasteiger partial charge in [0.25, 0.3) is 0 Å². The van der Waals surface area contributed by atoms with Gasteiger partial charge in [-0.3, -0.25) is 9.89 Å². The number of thioether (sulfide) groups is 1. The first-order valence-corrected chi connectivity index (χ1v) is 11.2. The number of fused-ring (bicyclic) bond motifs is 1. The predicted octanol–water partition coefficient (Wildman–Crippen LogP) is 4.54. The lowest BCUT2D eigenvalue weighted by molar-refractivity contribution is 0.0369. The standard InChI is InChI=1S/C23H25N3O2S/c1-2-6-19(7-3-1)28-21-8-4-5-17-15-20(25-22(17)21)23-24-18(16-29-23)9-10-26-11-13-27-14-12-26/h1-8,15,18,25H,9-14,16H2/t18-/m1/s1. The Morgan fingerprint density at radius 2 is 1.97 bits per heavy atom. The van der Waals surface area contributed by atoms with Crippen LogP contribution in [0.3, 0.4) is 0 Å². The van der Waals surface area contributed by atoms with E-state index in [2.05, 4.69) is 22.0 Å². The molecule has 29 heavy (non-hydrogen) atoms. The molecule has 1 atom stereocenters. The van der Waals surface area contributed by atoms with Gasteiger partial charge < -0.3 is 14.5 Å². The zero-order valence-corrected chi connectivity index (χ0v) is 17.2. The minimum absolute atomic E-state index is 0.393. The number of aliphatic imine (C=N–C) groups is 1. The van der Waals surface area contributed by atoms with Gasteiger partial charge in [0.15, 0.2) is 5.75 Å². The number of rotatable bonds is 6. The average molecular weight is 408 g/mol. The van der Waals surface area contributed by atoms with Crippen LogP contribution < -0.4 is 4.74 Å². The Hall–Kier alpha value is -2.28. The molecule has 0 aliphatic carbocycles. The monoisotopic (exact) mass is 407 g/mol. The van der Waals surface area contributed by atoms with Gasteiger partial charge in [-0.25, -0.2) is 0 Å². The quantitative estimate of drug-likeness (QED) is 0.652. The van der Waals surface area contributed by atoms with Gasteiger partial charge in [0.1, 0.15) is 10.8 Å². The summed E-state index contributed by atoms with van der Waals surface area (Å²) in [5.74, 6) is 2.74. The van der Waals surface area contributed by atoms with Crippen molar-refractivity contribution < 1.29 is 9.47 Å². The minimum atomic E-state index is 0.393. The third kappa shape index (κ3) is 4.34. The molecule has 3 aromatic rings. The Kier molecular flexibility index (Phi) is 5.56. The Labute approximate surface area is 175 Å². The van der Waals surface area contributed by atoms with Gasteiger partial charge in [0, 0.05) is 30.8 Å². The minimum Gasteiger partial charge on any atom is -0.455 e. The second kappa shape index (κ2) is 8.61. The molecule has 0 radical (unpaired) electrons. The number of H-pyrrole nitrogens is 1. The molecule has 2 aliphatic rings. The summed E-state index contributed by atoms with van der Waals surface area (Å²) < 4.78 is 11.5. The number of nitrogens with one attached hydrogen (secondary N) is 1. The summed E-state index contributed by atoms with van der Waals surface area (Å²) in [6.45, 7) is 4.91. The molecular formula is C23H25N3O2S. The number of aromatic nitrogens is 1. The Morgan fingerprint density at radius 1 is 1.10 bits per heavy atom. The smallest absolute Gasteiger partial charge is 0.151 e. The first-order valence-electron chi connectivity index (χ1n) is 10.2. The van der Waals surface area contributed by atoms with Crippen molar-refractivity contribution >= 4 is 27.7 Å². The molecule has 2 aromatic carbocycles. The largest absolute Gasteiger partial charge is 0.455 e. The maximum absolute atomic E-state index is 6.10. The van der Waals surface area contributed by atoms with Gasteiger partial charge in [-0.1, -0.05) is 30.3 Å². The van der Waals surface area contributed by atoms with E-state index in [1.165, 1.54) is 0 Å². The van der Waals surface area contributed by atoms with Crippen molar-refractivity contribution in [3.05, 3.63) is 60.3 Å².